The van der Waals surface area contributed by atoms with Crippen molar-refractivity contribution in [1.29, 1.82) is 0 Å². The maximum atomic E-state index is 5.75. The van der Waals surface area contributed by atoms with Gasteiger partial charge in [-0.3, -0.25) is 4.90 Å². The molecule has 2 aliphatic rings. The molecule has 0 bridgehead atoms. The van der Waals surface area contributed by atoms with E-state index in [4.69, 9.17) is 18.9 Å². The summed E-state index contributed by atoms with van der Waals surface area (Å²) in [6.07, 6.45) is 0.420. The smallest absolute Gasteiger partial charge is 0.0935 e. The Morgan fingerprint density at radius 2 is 1.80 bits per heavy atom. The highest BCUT2D eigenvalue weighted by Gasteiger charge is 2.21. The van der Waals surface area contributed by atoms with E-state index in [0.29, 0.717) is 13.2 Å². The Balaban J connectivity index is 1.54. The fraction of sp³-hybridized carbons (Fsp3) is 1.00. The highest BCUT2D eigenvalue weighted by molar-refractivity contribution is 4.71. The summed E-state index contributed by atoms with van der Waals surface area (Å²) in [7, 11) is 3.84. The SMILES string of the molecule is COC[C@@H]1CN(CCOC[C@H]2CN(C)CCO2)CCO1. The van der Waals surface area contributed by atoms with Gasteiger partial charge in [-0.15, -0.1) is 0 Å². The van der Waals surface area contributed by atoms with E-state index in [-0.39, 0.29) is 12.2 Å². The molecule has 0 radical (unpaired) electrons. The monoisotopic (exact) mass is 288 g/mol. The molecule has 6 heteroatoms. The molecule has 2 saturated heterocycles. The Bertz CT molecular complexity index is 266. The Morgan fingerprint density at radius 3 is 2.55 bits per heavy atom. The van der Waals surface area contributed by atoms with Gasteiger partial charge >= 0.3 is 0 Å². The predicted molar refractivity (Wildman–Crippen MR) is 76.1 cm³/mol. The largest absolute Gasteiger partial charge is 0.382 e. The van der Waals surface area contributed by atoms with Crippen LogP contribution in [0.4, 0.5) is 0 Å². The molecule has 0 spiro atoms. The summed E-state index contributed by atoms with van der Waals surface area (Å²) in [5, 5.41) is 0. The van der Waals surface area contributed by atoms with E-state index in [9.17, 15) is 0 Å². The topological polar surface area (TPSA) is 43.4 Å². The standard InChI is InChI=1S/C14H28N2O4/c1-15-3-7-19-13(9-15)12-18-6-4-16-5-8-20-14(10-16)11-17-2/h13-14H,3-12H2,1-2H3/t13-,14+/m1/s1. The van der Waals surface area contributed by atoms with E-state index in [1.54, 1.807) is 7.11 Å². The van der Waals surface area contributed by atoms with Gasteiger partial charge in [-0.1, -0.05) is 0 Å². The molecule has 2 fully saturated rings. The van der Waals surface area contributed by atoms with Gasteiger partial charge in [-0.2, -0.15) is 0 Å². The normalized spacial score (nSPS) is 29.7. The molecular formula is C14H28N2O4. The molecule has 2 aliphatic heterocycles. The number of hydrogen-bond donors (Lipinski definition) is 0. The van der Waals surface area contributed by atoms with Crippen LogP contribution in [0.2, 0.25) is 0 Å². The molecule has 20 heavy (non-hydrogen) atoms. The third-order valence-electron chi connectivity index (χ3n) is 3.77. The first-order valence-corrected chi connectivity index (χ1v) is 7.48. The summed E-state index contributed by atoms with van der Waals surface area (Å²) >= 11 is 0. The number of ether oxygens (including phenoxy) is 4. The van der Waals surface area contributed by atoms with Crippen molar-refractivity contribution in [3.8, 4) is 0 Å². The molecule has 0 unspecified atom stereocenters. The lowest BCUT2D eigenvalue weighted by atomic mass is 10.3. The molecule has 0 saturated carbocycles. The zero-order valence-electron chi connectivity index (χ0n) is 12.8. The molecule has 2 rings (SSSR count). The average molecular weight is 288 g/mol. The minimum atomic E-state index is 0.198. The lowest BCUT2D eigenvalue weighted by Gasteiger charge is -2.33. The molecule has 0 aromatic rings. The van der Waals surface area contributed by atoms with Crippen LogP contribution in [0.3, 0.4) is 0 Å². The molecule has 0 aliphatic carbocycles. The maximum Gasteiger partial charge on any atom is 0.0935 e. The number of morpholine rings is 2. The van der Waals surface area contributed by atoms with Crippen LogP contribution in [0.15, 0.2) is 0 Å². The fourth-order valence-corrected chi connectivity index (χ4v) is 2.65. The van der Waals surface area contributed by atoms with Crippen molar-refractivity contribution in [1.82, 2.24) is 9.80 Å². The van der Waals surface area contributed by atoms with Crippen molar-refractivity contribution in [3.63, 3.8) is 0 Å². The van der Waals surface area contributed by atoms with Gasteiger partial charge in [0.15, 0.2) is 0 Å². The van der Waals surface area contributed by atoms with Crippen molar-refractivity contribution in [2.75, 3.05) is 79.9 Å². The lowest BCUT2D eigenvalue weighted by Crippen LogP contribution is -2.46. The molecule has 118 valence electrons. The molecular weight excluding hydrogens is 260 g/mol. The van der Waals surface area contributed by atoms with Crippen LogP contribution < -0.4 is 0 Å². The first-order chi connectivity index (χ1) is 9.78. The zero-order valence-corrected chi connectivity index (χ0v) is 12.8. The van der Waals surface area contributed by atoms with Crippen LogP contribution in [0.1, 0.15) is 0 Å². The molecule has 2 heterocycles. The second-order valence-corrected chi connectivity index (χ2v) is 5.58. The molecule has 6 nitrogen and oxygen atoms in total. The molecule has 0 aromatic carbocycles. The molecule has 0 aromatic heterocycles. The van der Waals surface area contributed by atoms with Crippen LogP contribution >= 0.6 is 0 Å². The second-order valence-electron chi connectivity index (χ2n) is 5.58. The van der Waals surface area contributed by atoms with Crippen LogP contribution in [0, 0.1) is 0 Å². The first kappa shape index (κ1) is 16.1. The van der Waals surface area contributed by atoms with Gasteiger partial charge in [-0.05, 0) is 7.05 Å². The van der Waals surface area contributed by atoms with Gasteiger partial charge in [0, 0.05) is 39.8 Å². The molecule has 0 N–H and O–H groups in total. The number of methoxy groups -OCH3 is 1. The summed E-state index contributed by atoms with van der Waals surface area (Å²) in [5.74, 6) is 0. The van der Waals surface area contributed by atoms with E-state index in [2.05, 4.69) is 16.8 Å². The third-order valence-corrected chi connectivity index (χ3v) is 3.77. The Labute approximate surface area is 121 Å². The van der Waals surface area contributed by atoms with Gasteiger partial charge in [0.25, 0.3) is 0 Å². The summed E-state index contributed by atoms with van der Waals surface area (Å²) in [5.41, 5.74) is 0. The van der Waals surface area contributed by atoms with Crippen molar-refractivity contribution >= 4 is 0 Å². The van der Waals surface area contributed by atoms with Crippen molar-refractivity contribution in [3.05, 3.63) is 0 Å². The predicted octanol–water partition coefficient (Wildman–Crippen LogP) is -0.319. The quantitative estimate of drug-likeness (QED) is 0.598. The highest BCUT2D eigenvalue weighted by Crippen LogP contribution is 2.06. The Hall–Kier alpha value is -0.240. The lowest BCUT2D eigenvalue weighted by molar-refractivity contribution is -0.0795. The summed E-state index contributed by atoms with van der Waals surface area (Å²) in [4.78, 5) is 4.66. The molecule has 2 atom stereocenters. The zero-order chi connectivity index (χ0) is 14.2. The van der Waals surface area contributed by atoms with Gasteiger partial charge in [-0.25, -0.2) is 0 Å². The maximum absolute atomic E-state index is 5.75. The Morgan fingerprint density at radius 1 is 1.05 bits per heavy atom. The number of hydrogen-bond acceptors (Lipinski definition) is 6. The average Bonchev–Trinajstić information content (AvgIpc) is 2.45. The van der Waals surface area contributed by atoms with Gasteiger partial charge < -0.3 is 23.8 Å². The fourth-order valence-electron chi connectivity index (χ4n) is 2.65. The number of nitrogens with zero attached hydrogens (tertiary/aromatic N) is 2. The number of rotatable bonds is 7. The van der Waals surface area contributed by atoms with Crippen molar-refractivity contribution < 1.29 is 18.9 Å². The minimum Gasteiger partial charge on any atom is -0.382 e. The van der Waals surface area contributed by atoms with Crippen LogP contribution in [-0.4, -0.2) is 102 Å². The second kappa shape index (κ2) is 8.92. The van der Waals surface area contributed by atoms with Crippen LogP contribution in [0.5, 0.6) is 0 Å². The van der Waals surface area contributed by atoms with E-state index < -0.39 is 0 Å². The van der Waals surface area contributed by atoms with Gasteiger partial charge in [0.1, 0.15) is 0 Å². The minimum absolute atomic E-state index is 0.198. The van der Waals surface area contributed by atoms with E-state index in [1.165, 1.54) is 0 Å². The Kier molecular flexibility index (Phi) is 7.19. The summed E-state index contributed by atoms with van der Waals surface area (Å²) in [6, 6.07) is 0. The van der Waals surface area contributed by atoms with Crippen molar-refractivity contribution in [2.24, 2.45) is 0 Å². The van der Waals surface area contributed by atoms with E-state index in [1.807, 2.05) is 0 Å². The molecule has 0 amide bonds. The first-order valence-electron chi connectivity index (χ1n) is 7.48. The van der Waals surface area contributed by atoms with Crippen LogP contribution in [-0.2, 0) is 18.9 Å². The highest BCUT2D eigenvalue weighted by atomic mass is 16.5. The third kappa shape index (κ3) is 5.63. The van der Waals surface area contributed by atoms with E-state index >= 15 is 0 Å². The van der Waals surface area contributed by atoms with Crippen LogP contribution in [0.25, 0.3) is 0 Å². The summed E-state index contributed by atoms with van der Waals surface area (Å²) in [6.45, 7) is 8.55. The number of likely N-dealkylation sites (N-methyl/N-ethyl adjacent to an activating group) is 1. The van der Waals surface area contributed by atoms with Gasteiger partial charge in [0.05, 0.1) is 45.2 Å². The van der Waals surface area contributed by atoms with Gasteiger partial charge in [0.2, 0.25) is 0 Å². The summed E-state index contributed by atoms with van der Waals surface area (Å²) < 4.78 is 22.2. The van der Waals surface area contributed by atoms with Crippen molar-refractivity contribution in [2.45, 2.75) is 12.2 Å². The van der Waals surface area contributed by atoms with E-state index in [0.717, 1.165) is 52.5 Å².